The Morgan fingerprint density at radius 1 is 1.42 bits per heavy atom. The van der Waals surface area contributed by atoms with Gasteiger partial charge in [-0.25, -0.2) is 0 Å². The molecule has 0 aliphatic heterocycles. The summed E-state index contributed by atoms with van der Waals surface area (Å²) in [6, 6.07) is 10.1. The molecule has 2 heteroatoms. The molecular weight excluding hydrogens is 148 g/mol. The Kier molecular flexibility index (Phi) is 3.51. The molecule has 0 bridgehead atoms. The summed E-state index contributed by atoms with van der Waals surface area (Å²) in [5, 5.41) is 3.11. The fourth-order valence-corrected chi connectivity index (χ4v) is 0.915. The zero-order valence-electron chi connectivity index (χ0n) is 7.03. The molecule has 0 heterocycles. The van der Waals surface area contributed by atoms with Crippen molar-refractivity contribution in [2.24, 2.45) is 5.73 Å². The third-order valence-electron chi connectivity index (χ3n) is 1.64. The van der Waals surface area contributed by atoms with Crippen LogP contribution in [-0.2, 0) is 6.54 Å². The molecule has 0 amide bonds. The molecule has 1 rings (SSSR count). The van der Waals surface area contributed by atoms with E-state index in [1.54, 1.807) is 6.08 Å². The first kappa shape index (κ1) is 8.97. The van der Waals surface area contributed by atoms with Gasteiger partial charge in [-0.2, -0.15) is 0 Å². The minimum absolute atomic E-state index is 0.120. The number of rotatable bonds is 4. The van der Waals surface area contributed by atoms with Crippen molar-refractivity contribution in [3.8, 4) is 0 Å². The molecule has 1 aromatic carbocycles. The average Bonchev–Trinajstić information content (AvgIpc) is 2.16. The predicted molar refractivity (Wildman–Crippen MR) is 51.5 cm³/mol. The Morgan fingerprint density at radius 3 is 2.67 bits per heavy atom. The lowest BCUT2D eigenvalue weighted by Crippen LogP contribution is -2.34. The smallest absolute Gasteiger partial charge is 0.0738 e. The average molecular weight is 162 g/mol. The van der Waals surface area contributed by atoms with Crippen molar-refractivity contribution in [1.82, 2.24) is 5.32 Å². The number of benzene rings is 1. The SMILES string of the molecule is C=CC(N)NCc1ccccc1. The molecule has 0 aliphatic carbocycles. The van der Waals surface area contributed by atoms with Gasteiger partial charge in [0, 0.05) is 6.54 Å². The van der Waals surface area contributed by atoms with Crippen LogP contribution in [0.15, 0.2) is 43.0 Å². The molecule has 0 radical (unpaired) electrons. The molecule has 12 heavy (non-hydrogen) atoms. The third-order valence-corrected chi connectivity index (χ3v) is 1.64. The highest BCUT2D eigenvalue weighted by atomic mass is 15.0. The first-order valence-electron chi connectivity index (χ1n) is 3.98. The highest BCUT2D eigenvalue weighted by molar-refractivity contribution is 5.14. The van der Waals surface area contributed by atoms with Gasteiger partial charge in [-0.15, -0.1) is 6.58 Å². The van der Waals surface area contributed by atoms with E-state index >= 15 is 0 Å². The van der Waals surface area contributed by atoms with E-state index in [2.05, 4.69) is 24.0 Å². The maximum Gasteiger partial charge on any atom is 0.0738 e. The topological polar surface area (TPSA) is 38.0 Å². The van der Waals surface area contributed by atoms with Crippen molar-refractivity contribution in [2.45, 2.75) is 12.7 Å². The highest BCUT2D eigenvalue weighted by Crippen LogP contribution is 1.96. The van der Waals surface area contributed by atoms with Crippen LogP contribution in [0.2, 0.25) is 0 Å². The van der Waals surface area contributed by atoms with Crippen molar-refractivity contribution >= 4 is 0 Å². The first-order chi connectivity index (χ1) is 5.83. The van der Waals surface area contributed by atoms with E-state index in [1.807, 2.05) is 18.2 Å². The van der Waals surface area contributed by atoms with Crippen LogP contribution in [0.25, 0.3) is 0 Å². The second-order valence-electron chi connectivity index (χ2n) is 2.63. The molecule has 1 unspecified atom stereocenters. The molecule has 0 aromatic heterocycles. The van der Waals surface area contributed by atoms with E-state index in [1.165, 1.54) is 5.56 Å². The largest absolute Gasteiger partial charge is 0.313 e. The lowest BCUT2D eigenvalue weighted by molar-refractivity contribution is 0.613. The quantitative estimate of drug-likeness (QED) is 0.516. The summed E-state index contributed by atoms with van der Waals surface area (Å²) in [6.45, 7) is 4.37. The van der Waals surface area contributed by atoms with Gasteiger partial charge >= 0.3 is 0 Å². The van der Waals surface area contributed by atoms with Crippen LogP contribution in [-0.4, -0.2) is 6.17 Å². The second-order valence-corrected chi connectivity index (χ2v) is 2.63. The number of hydrogen-bond acceptors (Lipinski definition) is 2. The van der Waals surface area contributed by atoms with Crippen LogP contribution in [0.5, 0.6) is 0 Å². The number of hydrogen-bond donors (Lipinski definition) is 2. The van der Waals surface area contributed by atoms with E-state index < -0.39 is 0 Å². The first-order valence-corrected chi connectivity index (χ1v) is 3.98. The zero-order valence-corrected chi connectivity index (χ0v) is 7.03. The van der Waals surface area contributed by atoms with Gasteiger partial charge < -0.3 is 5.73 Å². The fourth-order valence-electron chi connectivity index (χ4n) is 0.915. The molecular formula is C10H14N2. The van der Waals surface area contributed by atoms with Gasteiger partial charge in [0.1, 0.15) is 0 Å². The molecule has 2 nitrogen and oxygen atoms in total. The normalized spacial score (nSPS) is 12.4. The molecule has 3 N–H and O–H groups in total. The standard InChI is InChI=1S/C10H14N2/c1-2-10(11)12-8-9-6-4-3-5-7-9/h2-7,10,12H,1,8,11H2. The van der Waals surface area contributed by atoms with Crippen molar-refractivity contribution in [3.05, 3.63) is 48.6 Å². The molecule has 0 saturated carbocycles. The summed E-state index contributed by atoms with van der Waals surface area (Å²) in [7, 11) is 0. The van der Waals surface area contributed by atoms with E-state index in [9.17, 15) is 0 Å². The summed E-state index contributed by atoms with van der Waals surface area (Å²) in [5.41, 5.74) is 6.82. The molecule has 64 valence electrons. The van der Waals surface area contributed by atoms with Gasteiger partial charge in [0.25, 0.3) is 0 Å². The molecule has 0 saturated heterocycles. The monoisotopic (exact) mass is 162 g/mol. The highest BCUT2D eigenvalue weighted by Gasteiger charge is 1.94. The Balaban J connectivity index is 2.38. The van der Waals surface area contributed by atoms with Crippen molar-refractivity contribution in [1.29, 1.82) is 0 Å². The van der Waals surface area contributed by atoms with E-state index in [4.69, 9.17) is 5.73 Å². The Bertz CT molecular complexity index is 231. The van der Waals surface area contributed by atoms with E-state index in [0.29, 0.717) is 0 Å². The molecule has 0 spiro atoms. The summed E-state index contributed by atoms with van der Waals surface area (Å²) in [5.74, 6) is 0. The summed E-state index contributed by atoms with van der Waals surface area (Å²) in [4.78, 5) is 0. The van der Waals surface area contributed by atoms with Gasteiger partial charge in [0.15, 0.2) is 0 Å². The van der Waals surface area contributed by atoms with Gasteiger partial charge in [-0.05, 0) is 5.56 Å². The lowest BCUT2D eigenvalue weighted by atomic mass is 10.2. The second kappa shape index (κ2) is 4.70. The van der Waals surface area contributed by atoms with Crippen LogP contribution < -0.4 is 11.1 Å². The summed E-state index contributed by atoms with van der Waals surface area (Å²) >= 11 is 0. The Morgan fingerprint density at radius 2 is 2.08 bits per heavy atom. The third kappa shape index (κ3) is 2.86. The molecule has 1 atom stereocenters. The Labute approximate surface area is 73.1 Å². The minimum atomic E-state index is -0.120. The van der Waals surface area contributed by atoms with Crippen LogP contribution >= 0.6 is 0 Å². The van der Waals surface area contributed by atoms with Crippen molar-refractivity contribution in [2.75, 3.05) is 0 Å². The maximum atomic E-state index is 5.59. The van der Waals surface area contributed by atoms with Gasteiger partial charge in [-0.1, -0.05) is 36.4 Å². The van der Waals surface area contributed by atoms with Crippen molar-refractivity contribution < 1.29 is 0 Å². The van der Waals surface area contributed by atoms with E-state index in [-0.39, 0.29) is 6.17 Å². The van der Waals surface area contributed by atoms with Crippen LogP contribution in [0, 0.1) is 0 Å². The van der Waals surface area contributed by atoms with Gasteiger partial charge in [-0.3, -0.25) is 5.32 Å². The van der Waals surface area contributed by atoms with Crippen LogP contribution in [0.4, 0.5) is 0 Å². The van der Waals surface area contributed by atoms with Crippen LogP contribution in [0.1, 0.15) is 5.56 Å². The molecule has 0 aliphatic rings. The predicted octanol–water partition coefficient (Wildman–Crippen LogP) is 1.25. The number of nitrogens with two attached hydrogens (primary N) is 1. The zero-order chi connectivity index (χ0) is 8.81. The van der Waals surface area contributed by atoms with Crippen LogP contribution in [0.3, 0.4) is 0 Å². The fraction of sp³-hybridized carbons (Fsp3) is 0.200. The van der Waals surface area contributed by atoms with E-state index in [0.717, 1.165) is 6.54 Å². The summed E-state index contributed by atoms with van der Waals surface area (Å²) < 4.78 is 0. The molecule has 0 fully saturated rings. The molecule has 1 aromatic rings. The number of nitrogens with one attached hydrogen (secondary N) is 1. The lowest BCUT2D eigenvalue weighted by Gasteiger charge is -2.08. The Hall–Kier alpha value is -1.12. The van der Waals surface area contributed by atoms with Crippen molar-refractivity contribution in [3.63, 3.8) is 0 Å². The maximum absolute atomic E-state index is 5.59. The van der Waals surface area contributed by atoms with Gasteiger partial charge in [0.2, 0.25) is 0 Å². The minimum Gasteiger partial charge on any atom is -0.313 e. The van der Waals surface area contributed by atoms with Gasteiger partial charge in [0.05, 0.1) is 6.17 Å². The summed E-state index contributed by atoms with van der Waals surface area (Å²) in [6.07, 6.45) is 1.56.